The zero-order chi connectivity index (χ0) is 11.3. The van der Waals surface area contributed by atoms with E-state index < -0.39 is 0 Å². The zero-order valence-electron chi connectivity index (χ0n) is 10.1. The molecule has 1 fully saturated rings. The number of urea groups is 1. The molecule has 0 aromatic carbocycles. The van der Waals surface area contributed by atoms with Crippen LogP contribution in [0.5, 0.6) is 0 Å². The van der Waals surface area contributed by atoms with Crippen molar-refractivity contribution in [3.05, 3.63) is 0 Å². The average Bonchev–Trinajstić information content (AvgIpc) is 2.25. The number of nitrogens with one attached hydrogen (secondary N) is 1. The van der Waals surface area contributed by atoms with Gasteiger partial charge in [-0.3, -0.25) is 0 Å². The van der Waals surface area contributed by atoms with E-state index in [2.05, 4.69) is 12.2 Å². The van der Waals surface area contributed by atoms with Gasteiger partial charge >= 0.3 is 6.03 Å². The number of rotatable bonds is 3. The second-order valence-corrected chi connectivity index (χ2v) is 4.42. The van der Waals surface area contributed by atoms with Gasteiger partial charge in [-0.25, -0.2) is 4.79 Å². The number of amides is 2. The van der Waals surface area contributed by atoms with Crippen molar-refractivity contribution in [2.75, 3.05) is 33.7 Å². The highest BCUT2D eigenvalue weighted by atomic mass is 16.2. The maximum absolute atomic E-state index is 11.7. The van der Waals surface area contributed by atoms with Gasteiger partial charge < -0.3 is 15.1 Å². The van der Waals surface area contributed by atoms with Crippen LogP contribution in [-0.4, -0.2) is 55.6 Å². The Balaban J connectivity index is 2.38. The third kappa shape index (κ3) is 3.70. The zero-order valence-corrected chi connectivity index (χ0v) is 10.1. The molecular formula is C11H23N3O. The summed E-state index contributed by atoms with van der Waals surface area (Å²) in [5, 5.41) is 3.48. The van der Waals surface area contributed by atoms with Gasteiger partial charge in [0, 0.05) is 33.2 Å². The molecule has 0 spiro atoms. The minimum absolute atomic E-state index is 0.137. The predicted octanol–water partition coefficient (Wildman–Crippen LogP) is 1.13. The summed E-state index contributed by atoms with van der Waals surface area (Å²) in [6.07, 6.45) is 3.45. The van der Waals surface area contributed by atoms with Crippen LogP contribution in [0.1, 0.15) is 26.2 Å². The largest absolute Gasteiger partial charge is 0.331 e. The molecule has 15 heavy (non-hydrogen) atoms. The first-order chi connectivity index (χ1) is 7.15. The van der Waals surface area contributed by atoms with E-state index in [4.69, 9.17) is 0 Å². The summed E-state index contributed by atoms with van der Waals surface area (Å²) in [5.41, 5.74) is 0. The summed E-state index contributed by atoms with van der Waals surface area (Å²) in [7, 11) is 3.62. The molecule has 1 aliphatic rings. The number of likely N-dealkylation sites (tertiary alicyclic amines) is 1. The summed E-state index contributed by atoms with van der Waals surface area (Å²) in [6.45, 7) is 4.98. The van der Waals surface area contributed by atoms with Gasteiger partial charge in [-0.1, -0.05) is 6.92 Å². The van der Waals surface area contributed by atoms with Gasteiger partial charge in [0.15, 0.2) is 0 Å². The summed E-state index contributed by atoms with van der Waals surface area (Å²) in [6, 6.07) is 0.626. The summed E-state index contributed by atoms with van der Waals surface area (Å²) < 4.78 is 0. The third-order valence-electron chi connectivity index (χ3n) is 2.76. The van der Waals surface area contributed by atoms with E-state index in [0.717, 1.165) is 32.5 Å². The predicted molar refractivity (Wildman–Crippen MR) is 62.0 cm³/mol. The molecule has 2 amide bonds. The highest BCUT2D eigenvalue weighted by Gasteiger charge is 2.23. The van der Waals surface area contributed by atoms with E-state index in [1.807, 2.05) is 19.0 Å². The number of hydrogen-bond acceptors (Lipinski definition) is 2. The van der Waals surface area contributed by atoms with Crippen molar-refractivity contribution in [1.29, 1.82) is 0 Å². The molecule has 88 valence electrons. The Morgan fingerprint density at radius 3 is 2.87 bits per heavy atom. The van der Waals surface area contributed by atoms with E-state index in [9.17, 15) is 4.79 Å². The topological polar surface area (TPSA) is 35.6 Å². The molecule has 0 aromatic heterocycles. The Morgan fingerprint density at radius 2 is 2.27 bits per heavy atom. The van der Waals surface area contributed by atoms with Gasteiger partial charge in [0.25, 0.3) is 0 Å². The second-order valence-electron chi connectivity index (χ2n) is 4.42. The molecule has 0 aliphatic carbocycles. The monoisotopic (exact) mass is 213 g/mol. The second kappa shape index (κ2) is 5.95. The number of carbonyl (C=O) groups is 1. The van der Waals surface area contributed by atoms with Crippen LogP contribution in [0.25, 0.3) is 0 Å². The van der Waals surface area contributed by atoms with E-state index in [0.29, 0.717) is 6.04 Å². The van der Waals surface area contributed by atoms with Crippen molar-refractivity contribution in [2.45, 2.75) is 32.2 Å². The molecular weight excluding hydrogens is 190 g/mol. The number of hydrogen-bond donors (Lipinski definition) is 1. The number of carbonyl (C=O) groups excluding carboxylic acids is 1. The van der Waals surface area contributed by atoms with Gasteiger partial charge in [0.05, 0.1) is 0 Å². The Kier molecular flexibility index (Phi) is 4.88. The normalized spacial score (nSPS) is 21.5. The molecule has 1 N–H and O–H groups in total. The van der Waals surface area contributed by atoms with Gasteiger partial charge in [0.1, 0.15) is 0 Å². The van der Waals surface area contributed by atoms with Crippen molar-refractivity contribution < 1.29 is 4.79 Å². The maximum Gasteiger partial charge on any atom is 0.319 e. The quantitative estimate of drug-likeness (QED) is 0.763. The first-order valence-corrected chi connectivity index (χ1v) is 5.84. The Labute approximate surface area is 92.6 Å². The van der Waals surface area contributed by atoms with Crippen LogP contribution in [0.15, 0.2) is 0 Å². The number of nitrogens with zero attached hydrogens (tertiary/aromatic N) is 2. The highest BCUT2D eigenvalue weighted by molar-refractivity contribution is 5.73. The van der Waals surface area contributed by atoms with Crippen LogP contribution in [-0.2, 0) is 0 Å². The lowest BCUT2D eigenvalue weighted by Gasteiger charge is -2.34. The molecule has 1 heterocycles. The van der Waals surface area contributed by atoms with Crippen LogP contribution in [0.3, 0.4) is 0 Å². The molecule has 1 saturated heterocycles. The fraction of sp³-hybridized carbons (Fsp3) is 0.909. The van der Waals surface area contributed by atoms with Crippen molar-refractivity contribution in [3.63, 3.8) is 0 Å². The van der Waals surface area contributed by atoms with Crippen LogP contribution in [0.2, 0.25) is 0 Å². The summed E-state index contributed by atoms with van der Waals surface area (Å²) in [4.78, 5) is 15.3. The van der Waals surface area contributed by atoms with E-state index in [1.165, 1.54) is 6.42 Å². The first kappa shape index (κ1) is 12.3. The van der Waals surface area contributed by atoms with Gasteiger partial charge in [0.2, 0.25) is 0 Å². The molecule has 1 rings (SSSR count). The first-order valence-electron chi connectivity index (χ1n) is 5.84. The highest BCUT2D eigenvalue weighted by Crippen LogP contribution is 2.11. The molecule has 0 aromatic rings. The third-order valence-corrected chi connectivity index (χ3v) is 2.76. The Morgan fingerprint density at radius 1 is 1.53 bits per heavy atom. The van der Waals surface area contributed by atoms with E-state index in [1.54, 1.807) is 4.90 Å². The van der Waals surface area contributed by atoms with Crippen molar-refractivity contribution >= 4 is 6.03 Å². The fourth-order valence-corrected chi connectivity index (χ4v) is 1.95. The van der Waals surface area contributed by atoms with Crippen molar-refractivity contribution in [2.24, 2.45) is 0 Å². The van der Waals surface area contributed by atoms with Crippen LogP contribution in [0.4, 0.5) is 4.79 Å². The molecule has 4 heteroatoms. The van der Waals surface area contributed by atoms with Gasteiger partial charge in [-0.15, -0.1) is 0 Å². The van der Waals surface area contributed by atoms with Crippen molar-refractivity contribution in [3.8, 4) is 0 Å². The van der Waals surface area contributed by atoms with Gasteiger partial charge in [-0.05, 0) is 25.8 Å². The minimum atomic E-state index is 0.137. The maximum atomic E-state index is 11.7. The lowest BCUT2D eigenvalue weighted by atomic mass is 10.1. The van der Waals surface area contributed by atoms with Crippen LogP contribution < -0.4 is 5.32 Å². The van der Waals surface area contributed by atoms with Crippen molar-refractivity contribution in [1.82, 2.24) is 15.1 Å². The Bertz CT molecular complexity index is 206. The average molecular weight is 213 g/mol. The molecule has 1 atom stereocenters. The smallest absolute Gasteiger partial charge is 0.319 e. The molecule has 1 aliphatic heterocycles. The minimum Gasteiger partial charge on any atom is -0.331 e. The molecule has 0 saturated carbocycles. The van der Waals surface area contributed by atoms with E-state index >= 15 is 0 Å². The SMILES string of the molecule is CCCNC1CCCN(C(=O)N(C)C)C1. The van der Waals surface area contributed by atoms with Crippen LogP contribution in [0, 0.1) is 0 Å². The number of piperidine rings is 1. The summed E-state index contributed by atoms with van der Waals surface area (Å²) >= 11 is 0. The van der Waals surface area contributed by atoms with Gasteiger partial charge in [-0.2, -0.15) is 0 Å². The summed E-state index contributed by atoms with van der Waals surface area (Å²) in [5.74, 6) is 0. The molecule has 0 radical (unpaired) electrons. The lowest BCUT2D eigenvalue weighted by molar-refractivity contribution is 0.149. The molecule has 4 nitrogen and oxygen atoms in total. The lowest BCUT2D eigenvalue weighted by Crippen LogP contribution is -2.50. The fourth-order valence-electron chi connectivity index (χ4n) is 1.95. The Hall–Kier alpha value is -0.770. The molecule has 0 bridgehead atoms. The van der Waals surface area contributed by atoms with E-state index in [-0.39, 0.29) is 6.03 Å². The standard InChI is InChI=1S/C11H23N3O/c1-4-7-12-10-6-5-8-14(9-10)11(15)13(2)3/h10,12H,4-9H2,1-3H3. The molecule has 1 unspecified atom stereocenters. The van der Waals surface area contributed by atoms with Crippen LogP contribution >= 0.6 is 0 Å².